The van der Waals surface area contributed by atoms with E-state index in [0.717, 1.165) is 30.5 Å². The summed E-state index contributed by atoms with van der Waals surface area (Å²) in [6, 6.07) is 6.73. The van der Waals surface area contributed by atoms with Crippen LogP contribution in [-0.2, 0) is 9.59 Å². The lowest BCUT2D eigenvalue weighted by atomic mass is 10.0. The van der Waals surface area contributed by atoms with E-state index in [2.05, 4.69) is 10.6 Å². The summed E-state index contributed by atoms with van der Waals surface area (Å²) in [4.78, 5) is 42.3. The molecule has 0 radical (unpaired) electrons. The van der Waals surface area contributed by atoms with Gasteiger partial charge in [0.2, 0.25) is 11.8 Å². The molecule has 2 fully saturated rings. The number of nitrogens with zero attached hydrogens (tertiary/aromatic N) is 2. The molecule has 29 heavy (non-hydrogen) atoms. The van der Waals surface area contributed by atoms with Crippen molar-refractivity contribution in [2.45, 2.75) is 24.9 Å². The van der Waals surface area contributed by atoms with Crippen LogP contribution >= 0.6 is 11.3 Å². The molecule has 1 aromatic carbocycles. The zero-order chi connectivity index (χ0) is 20.0. The molecule has 0 spiro atoms. The molecule has 8 heteroatoms. The van der Waals surface area contributed by atoms with Crippen molar-refractivity contribution in [2.24, 2.45) is 0 Å². The van der Waals surface area contributed by atoms with Crippen LogP contribution < -0.4 is 10.6 Å². The molecule has 3 amide bonds. The van der Waals surface area contributed by atoms with Gasteiger partial charge in [-0.3, -0.25) is 14.4 Å². The fourth-order valence-electron chi connectivity index (χ4n) is 4.38. The van der Waals surface area contributed by atoms with Gasteiger partial charge in [-0.2, -0.15) is 11.3 Å². The van der Waals surface area contributed by atoms with Crippen LogP contribution in [0, 0.1) is 0 Å². The van der Waals surface area contributed by atoms with Crippen LogP contribution in [0.15, 0.2) is 35.0 Å². The molecule has 150 valence electrons. The number of carbonyl (C=O) groups is 3. The van der Waals surface area contributed by atoms with Crippen molar-refractivity contribution in [3.05, 3.63) is 40.6 Å². The standard InChI is InChI=1S/C21H22N4O3S/c26-19-18-11-24(21(28)17-2-1-6-22-17)7-8-25(18)20(27)15-10-13(3-4-16(15)23-19)14-5-9-29-12-14/h3-5,9-10,12,17-18,22H,1-2,6-8,11H2,(H,23,26). The molecule has 2 aromatic rings. The summed E-state index contributed by atoms with van der Waals surface area (Å²) in [5.41, 5.74) is 3.04. The monoisotopic (exact) mass is 410 g/mol. The van der Waals surface area contributed by atoms with E-state index >= 15 is 0 Å². The number of nitrogens with one attached hydrogen (secondary N) is 2. The SMILES string of the molecule is O=C1Nc2ccc(-c3ccsc3)cc2C(=O)N2CCN(C(=O)C3CCCN3)CC12. The first-order valence-corrected chi connectivity index (χ1v) is 10.9. The number of hydrogen-bond acceptors (Lipinski definition) is 5. The number of piperazine rings is 1. The van der Waals surface area contributed by atoms with Crippen molar-refractivity contribution >= 4 is 34.7 Å². The van der Waals surface area contributed by atoms with Crippen LogP contribution in [0.3, 0.4) is 0 Å². The molecular formula is C21H22N4O3S. The van der Waals surface area contributed by atoms with Gasteiger partial charge in [-0.1, -0.05) is 6.07 Å². The normalized spacial score (nSPS) is 24.0. The minimum Gasteiger partial charge on any atom is -0.337 e. The topological polar surface area (TPSA) is 81.8 Å². The van der Waals surface area contributed by atoms with Crippen molar-refractivity contribution in [3.63, 3.8) is 0 Å². The molecule has 5 rings (SSSR count). The summed E-state index contributed by atoms with van der Waals surface area (Å²) in [5, 5.41) is 10.2. The minimum absolute atomic E-state index is 0.0314. The predicted octanol–water partition coefficient (Wildman–Crippen LogP) is 1.77. The third-order valence-electron chi connectivity index (χ3n) is 5.98. The zero-order valence-corrected chi connectivity index (χ0v) is 16.7. The van der Waals surface area contributed by atoms with Crippen LogP contribution in [0.25, 0.3) is 11.1 Å². The van der Waals surface area contributed by atoms with Gasteiger partial charge in [0.15, 0.2) is 0 Å². The van der Waals surface area contributed by atoms with E-state index in [0.29, 0.717) is 24.3 Å². The Hall–Kier alpha value is -2.71. The maximum Gasteiger partial charge on any atom is 0.256 e. The number of rotatable bonds is 2. The summed E-state index contributed by atoms with van der Waals surface area (Å²) >= 11 is 1.60. The maximum atomic E-state index is 13.3. The van der Waals surface area contributed by atoms with E-state index in [-0.39, 0.29) is 30.3 Å². The third kappa shape index (κ3) is 3.22. The van der Waals surface area contributed by atoms with E-state index in [1.165, 1.54) is 0 Å². The highest BCUT2D eigenvalue weighted by Gasteiger charge is 2.41. The first kappa shape index (κ1) is 18.3. The second-order valence-corrected chi connectivity index (χ2v) is 8.49. The molecule has 4 heterocycles. The highest BCUT2D eigenvalue weighted by molar-refractivity contribution is 7.08. The highest BCUT2D eigenvalue weighted by atomic mass is 32.1. The number of fused-ring (bicyclic) bond motifs is 2. The first-order chi connectivity index (χ1) is 14.1. The Labute approximate surface area is 172 Å². The second kappa shape index (κ2) is 7.27. The number of hydrogen-bond donors (Lipinski definition) is 2. The van der Waals surface area contributed by atoms with Gasteiger partial charge in [0.1, 0.15) is 6.04 Å². The molecule has 0 aliphatic carbocycles. The molecule has 0 saturated carbocycles. The van der Waals surface area contributed by atoms with Crippen molar-refractivity contribution < 1.29 is 14.4 Å². The smallest absolute Gasteiger partial charge is 0.256 e. The van der Waals surface area contributed by atoms with Gasteiger partial charge in [0, 0.05) is 13.1 Å². The summed E-state index contributed by atoms with van der Waals surface area (Å²) in [6.07, 6.45) is 1.81. The molecule has 1 aromatic heterocycles. The lowest BCUT2D eigenvalue weighted by Crippen LogP contribution is -2.61. The van der Waals surface area contributed by atoms with Gasteiger partial charge in [-0.15, -0.1) is 0 Å². The fourth-order valence-corrected chi connectivity index (χ4v) is 5.04. The van der Waals surface area contributed by atoms with Gasteiger partial charge < -0.3 is 20.4 Å². The average Bonchev–Trinajstić information content (AvgIpc) is 3.45. The maximum absolute atomic E-state index is 13.3. The number of amides is 3. The van der Waals surface area contributed by atoms with Crippen LogP contribution in [0.1, 0.15) is 23.2 Å². The lowest BCUT2D eigenvalue weighted by molar-refractivity contribution is -0.137. The Kier molecular flexibility index (Phi) is 4.60. The zero-order valence-electron chi connectivity index (χ0n) is 15.9. The second-order valence-electron chi connectivity index (χ2n) is 7.71. The predicted molar refractivity (Wildman–Crippen MR) is 111 cm³/mol. The summed E-state index contributed by atoms with van der Waals surface area (Å²) < 4.78 is 0. The number of carbonyl (C=O) groups excluding carboxylic acids is 3. The molecule has 2 atom stereocenters. The Bertz CT molecular complexity index is 968. The van der Waals surface area contributed by atoms with Crippen molar-refractivity contribution in [3.8, 4) is 11.1 Å². The minimum atomic E-state index is -0.668. The quantitative estimate of drug-likeness (QED) is 0.791. The van der Waals surface area contributed by atoms with Gasteiger partial charge in [0.05, 0.1) is 23.8 Å². The van der Waals surface area contributed by atoms with Crippen molar-refractivity contribution in [1.82, 2.24) is 15.1 Å². The summed E-state index contributed by atoms with van der Waals surface area (Å²) in [5.74, 6) is -0.368. The fraction of sp³-hybridized carbons (Fsp3) is 0.381. The summed E-state index contributed by atoms with van der Waals surface area (Å²) in [6.45, 7) is 1.89. The van der Waals surface area contributed by atoms with Crippen LogP contribution in [0.4, 0.5) is 5.69 Å². The first-order valence-electron chi connectivity index (χ1n) is 9.92. The van der Waals surface area contributed by atoms with Crippen LogP contribution in [0.2, 0.25) is 0 Å². The van der Waals surface area contributed by atoms with Gasteiger partial charge >= 0.3 is 0 Å². The Morgan fingerprint density at radius 1 is 1.14 bits per heavy atom. The van der Waals surface area contributed by atoms with E-state index in [9.17, 15) is 14.4 Å². The van der Waals surface area contributed by atoms with E-state index in [1.807, 2.05) is 29.0 Å². The molecule has 7 nitrogen and oxygen atoms in total. The van der Waals surface area contributed by atoms with E-state index in [4.69, 9.17) is 0 Å². The molecule has 3 aliphatic rings. The molecule has 0 bridgehead atoms. The molecule has 3 aliphatic heterocycles. The Morgan fingerprint density at radius 2 is 2.03 bits per heavy atom. The largest absolute Gasteiger partial charge is 0.337 e. The van der Waals surface area contributed by atoms with Gasteiger partial charge in [0.25, 0.3) is 5.91 Å². The van der Waals surface area contributed by atoms with Gasteiger partial charge in [-0.05, 0) is 59.5 Å². The lowest BCUT2D eigenvalue weighted by Gasteiger charge is -2.40. The number of anilines is 1. The Morgan fingerprint density at radius 3 is 2.79 bits per heavy atom. The van der Waals surface area contributed by atoms with Crippen molar-refractivity contribution in [1.29, 1.82) is 0 Å². The number of thiophene rings is 1. The molecule has 2 unspecified atom stereocenters. The van der Waals surface area contributed by atoms with E-state index < -0.39 is 6.04 Å². The van der Waals surface area contributed by atoms with Crippen LogP contribution in [-0.4, -0.2) is 65.8 Å². The number of benzene rings is 1. The molecular weight excluding hydrogens is 388 g/mol. The molecule has 2 saturated heterocycles. The van der Waals surface area contributed by atoms with Gasteiger partial charge in [-0.25, -0.2) is 0 Å². The molecule has 2 N–H and O–H groups in total. The van der Waals surface area contributed by atoms with Crippen LogP contribution in [0.5, 0.6) is 0 Å². The Balaban J connectivity index is 1.42. The average molecular weight is 410 g/mol. The third-order valence-corrected chi connectivity index (χ3v) is 6.66. The highest BCUT2D eigenvalue weighted by Crippen LogP contribution is 2.31. The van der Waals surface area contributed by atoms with Crippen molar-refractivity contribution in [2.75, 3.05) is 31.5 Å². The summed E-state index contributed by atoms with van der Waals surface area (Å²) in [7, 11) is 0. The van der Waals surface area contributed by atoms with E-state index in [1.54, 1.807) is 27.2 Å².